The van der Waals surface area contributed by atoms with E-state index in [1.54, 1.807) is 0 Å². The second-order valence-corrected chi connectivity index (χ2v) is 6.53. The Morgan fingerprint density at radius 1 is 1.33 bits per heavy atom. The SMILES string of the molecule is CCC1(CNC(=O)c2ccc3[nH]c(C)c(C)c3c2)CCC1. The van der Waals surface area contributed by atoms with E-state index in [-0.39, 0.29) is 5.91 Å². The van der Waals surface area contributed by atoms with E-state index in [4.69, 9.17) is 0 Å². The smallest absolute Gasteiger partial charge is 0.251 e. The molecule has 1 amide bonds. The number of nitrogens with one attached hydrogen (secondary N) is 2. The van der Waals surface area contributed by atoms with Crippen molar-refractivity contribution in [2.75, 3.05) is 6.54 Å². The molecule has 0 spiro atoms. The van der Waals surface area contributed by atoms with E-state index in [1.807, 2.05) is 18.2 Å². The predicted molar refractivity (Wildman–Crippen MR) is 86.7 cm³/mol. The molecule has 0 atom stereocenters. The van der Waals surface area contributed by atoms with Gasteiger partial charge in [0.25, 0.3) is 5.91 Å². The van der Waals surface area contributed by atoms with Crippen LogP contribution in [0.3, 0.4) is 0 Å². The van der Waals surface area contributed by atoms with Crippen molar-refractivity contribution in [1.29, 1.82) is 0 Å². The summed E-state index contributed by atoms with van der Waals surface area (Å²) < 4.78 is 0. The van der Waals surface area contributed by atoms with E-state index in [1.165, 1.54) is 30.5 Å². The lowest BCUT2D eigenvalue weighted by atomic mass is 9.67. The summed E-state index contributed by atoms with van der Waals surface area (Å²) in [7, 11) is 0. The fraction of sp³-hybridized carbons (Fsp3) is 0.500. The molecule has 1 aromatic heterocycles. The van der Waals surface area contributed by atoms with Crippen molar-refractivity contribution in [2.24, 2.45) is 5.41 Å². The monoisotopic (exact) mass is 284 g/mol. The van der Waals surface area contributed by atoms with Gasteiger partial charge in [-0.3, -0.25) is 4.79 Å². The molecule has 0 bridgehead atoms. The Hall–Kier alpha value is -1.77. The van der Waals surface area contributed by atoms with E-state index < -0.39 is 0 Å². The van der Waals surface area contributed by atoms with Gasteiger partial charge in [0.1, 0.15) is 0 Å². The normalized spacial score (nSPS) is 16.7. The maximum atomic E-state index is 12.4. The van der Waals surface area contributed by atoms with Crippen LogP contribution in [0.1, 0.15) is 54.2 Å². The van der Waals surface area contributed by atoms with Crippen LogP contribution in [0.4, 0.5) is 0 Å². The van der Waals surface area contributed by atoms with Gasteiger partial charge in [0.05, 0.1) is 0 Å². The van der Waals surface area contributed by atoms with E-state index >= 15 is 0 Å². The molecule has 1 saturated carbocycles. The van der Waals surface area contributed by atoms with Crippen LogP contribution in [0, 0.1) is 19.3 Å². The number of fused-ring (bicyclic) bond motifs is 1. The molecule has 2 aromatic rings. The Balaban J connectivity index is 1.76. The van der Waals surface area contributed by atoms with E-state index in [0.717, 1.165) is 29.4 Å². The third-order valence-corrected chi connectivity index (χ3v) is 5.36. The fourth-order valence-electron chi connectivity index (χ4n) is 3.30. The van der Waals surface area contributed by atoms with Gasteiger partial charge in [0.15, 0.2) is 0 Å². The van der Waals surface area contributed by atoms with Gasteiger partial charge in [-0.1, -0.05) is 13.3 Å². The summed E-state index contributed by atoms with van der Waals surface area (Å²) >= 11 is 0. The maximum Gasteiger partial charge on any atom is 0.251 e. The highest BCUT2D eigenvalue weighted by molar-refractivity contribution is 5.99. The number of carbonyl (C=O) groups excluding carboxylic acids is 1. The minimum atomic E-state index is 0.0508. The number of benzene rings is 1. The molecule has 1 aromatic carbocycles. The van der Waals surface area contributed by atoms with Crippen LogP contribution >= 0.6 is 0 Å². The van der Waals surface area contributed by atoms with Gasteiger partial charge in [-0.15, -0.1) is 0 Å². The molecule has 0 saturated heterocycles. The number of aromatic amines is 1. The van der Waals surface area contributed by atoms with E-state index in [9.17, 15) is 4.79 Å². The number of hydrogen-bond acceptors (Lipinski definition) is 1. The Morgan fingerprint density at radius 2 is 2.10 bits per heavy atom. The molecule has 112 valence electrons. The number of H-pyrrole nitrogens is 1. The molecule has 0 aliphatic heterocycles. The van der Waals surface area contributed by atoms with Gasteiger partial charge in [-0.05, 0) is 62.3 Å². The van der Waals surface area contributed by atoms with Crippen LogP contribution in [-0.2, 0) is 0 Å². The van der Waals surface area contributed by atoms with Gasteiger partial charge < -0.3 is 10.3 Å². The topological polar surface area (TPSA) is 44.9 Å². The average Bonchev–Trinajstić information content (AvgIpc) is 2.73. The summed E-state index contributed by atoms with van der Waals surface area (Å²) in [6, 6.07) is 5.92. The van der Waals surface area contributed by atoms with Crippen LogP contribution in [-0.4, -0.2) is 17.4 Å². The first-order chi connectivity index (χ1) is 10.0. The first-order valence-electron chi connectivity index (χ1n) is 7.92. The van der Waals surface area contributed by atoms with Crippen molar-refractivity contribution in [3.05, 3.63) is 35.0 Å². The second-order valence-electron chi connectivity index (χ2n) is 6.53. The minimum Gasteiger partial charge on any atom is -0.358 e. The lowest BCUT2D eigenvalue weighted by molar-refractivity contribution is 0.0850. The first-order valence-corrected chi connectivity index (χ1v) is 7.92. The van der Waals surface area contributed by atoms with Crippen LogP contribution in [0.15, 0.2) is 18.2 Å². The van der Waals surface area contributed by atoms with E-state index in [0.29, 0.717) is 5.41 Å². The summed E-state index contributed by atoms with van der Waals surface area (Å²) in [5, 5.41) is 4.28. The summed E-state index contributed by atoms with van der Waals surface area (Å²) in [4.78, 5) is 15.7. The van der Waals surface area contributed by atoms with Crippen LogP contribution in [0.2, 0.25) is 0 Å². The number of amides is 1. The Morgan fingerprint density at radius 3 is 2.71 bits per heavy atom. The molecule has 3 rings (SSSR count). The number of aryl methyl sites for hydroxylation is 2. The van der Waals surface area contributed by atoms with Crippen LogP contribution in [0.5, 0.6) is 0 Å². The Labute approximate surface area is 126 Å². The van der Waals surface area contributed by atoms with Gasteiger partial charge in [-0.2, -0.15) is 0 Å². The van der Waals surface area contributed by atoms with Crippen molar-refractivity contribution < 1.29 is 4.79 Å². The van der Waals surface area contributed by atoms with Gasteiger partial charge in [0, 0.05) is 28.7 Å². The van der Waals surface area contributed by atoms with Gasteiger partial charge in [0.2, 0.25) is 0 Å². The molecule has 21 heavy (non-hydrogen) atoms. The summed E-state index contributed by atoms with van der Waals surface area (Å²) in [6.07, 6.45) is 4.96. The first kappa shape index (κ1) is 14.2. The highest BCUT2D eigenvalue weighted by Gasteiger charge is 2.35. The third-order valence-electron chi connectivity index (χ3n) is 5.36. The molecule has 1 aliphatic rings. The largest absolute Gasteiger partial charge is 0.358 e. The van der Waals surface area contributed by atoms with Gasteiger partial charge in [-0.25, -0.2) is 0 Å². The lowest BCUT2D eigenvalue weighted by Gasteiger charge is -2.41. The highest BCUT2D eigenvalue weighted by atomic mass is 16.1. The molecule has 2 N–H and O–H groups in total. The van der Waals surface area contributed by atoms with Crippen LogP contribution in [0.25, 0.3) is 10.9 Å². The molecule has 3 heteroatoms. The average molecular weight is 284 g/mol. The standard InChI is InChI=1S/C18H24N2O/c1-4-18(8-5-9-18)11-19-17(21)14-6-7-16-15(10-14)12(2)13(3)20-16/h6-7,10,20H,4-5,8-9,11H2,1-3H3,(H,19,21). The predicted octanol–water partition coefficient (Wildman–Crippen LogP) is 4.09. The third kappa shape index (κ3) is 2.45. The molecular formula is C18H24N2O. The summed E-state index contributed by atoms with van der Waals surface area (Å²) in [5.41, 5.74) is 4.62. The molecule has 0 unspecified atom stereocenters. The lowest BCUT2D eigenvalue weighted by Crippen LogP contribution is -2.41. The molecule has 1 fully saturated rings. The molecule has 1 heterocycles. The molecular weight excluding hydrogens is 260 g/mol. The zero-order chi connectivity index (χ0) is 15.0. The van der Waals surface area contributed by atoms with Crippen LogP contribution < -0.4 is 5.32 Å². The van der Waals surface area contributed by atoms with Crippen molar-refractivity contribution >= 4 is 16.8 Å². The van der Waals surface area contributed by atoms with Crippen molar-refractivity contribution in [1.82, 2.24) is 10.3 Å². The van der Waals surface area contributed by atoms with Crippen molar-refractivity contribution in [3.63, 3.8) is 0 Å². The second kappa shape index (κ2) is 5.21. The number of rotatable bonds is 4. The Bertz CT molecular complexity index is 674. The maximum absolute atomic E-state index is 12.4. The summed E-state index contributed by atoms with van der Waals surface area (Å²) in [6.45, 7) is 7.20. The number of aromatic nitrogens is 1. The molecule has 0 radical (unpaired) electrons. The fourth-order valence-corrected chi connectivity index (χ4v) is 3.30. The molecule has 1 aliphatic carbocycles. The number of hydrogen-bond donors (Lipinski definition) is 2. The minimum absolute atomic E-state index is 0.0508. The zero-order valence-electron chi connectivity index (χ0n) is 13.2. The van der Waals surface area contributed by atoms with Crippen molar-refractivity contribution in [2.45, 2.75) is 46.5 Å². The quantitative estimate of drug-likeness (QED) is 0.872. The zero-order valence-corrected chi connectivity index (χ0v) is 13.2. The molecule has 3 nitrogen and oxygen atoms in total. The Kier molecular flexibility index (Phi) is 3.52. The van der Waals surface area contributed by atoms with Gasteiger partial charge >= 0.3 is 0 Å². The highest BCUT2D eigenvalue weighted by Crippen LogP contribution is 2.43. The number of carbonyl (C=O) groups is 1. The summed E-state index contributed by atoms with van der Waals surface area (Å²) in [5.74, 6) is 0.0508. The van der Waals surface area contributed by atoms with E-state index in [2.05, 4.69) is 31.1 Å². The van der Waals surface area contributed by atoms with Crippen molar-refractivity contribution in [3.8, 4) is 0 Å².